The number of hydrogen-bond acceptors (Lipinski definition) is 5. The monoisotopic (exact) mass is 623 g/mol. The molecule has 0 aromatic heterocycles. The van der Waals surface area contributed by atoms with E-state index in [9.17, 15) is 10.5 Å². The molecule has 48 heavy (non-hydrogen) atoms. The van der Waals surface area contributed by atoms with Crippen LogP contribution in [-0.4, -0.2) is 12.0 Å². The molecule has 1 aliphatic heterocycles. The normalized spacial score (nSPS) is 18.3. The third-order valence-corrected chi connectivity index (χ3v) is 8.61. The number of aliphatic imine (C=N–C) groups is 1. The van der Waals surface area contributed by atoms with Gasteiger partial charge in [0, 0.05) is 11.5 Å². The van der Waals surface area contributed by atoms with Crippen LogP contribution in [0.2, 0.25) is 0 Å². The van der Waals surface area contributed by atoms with Crippen LogP contribution in [0.3, 0.4) is 0 Å². The fourth-order valence-corrected chi connectivity index (χ4v) is 6.13. The summed E-state index contributed by atoms with van der Waals surface area (Å²) in [6, 6.07) is 49.3. The first-order chi connectivity index (χ1) is 23.7. The van der Waals surface area contributed by atoms with Crippen LogP contribution >= 0.6 is 0 Å². The molecule has 5 aromatic carbocycles. The van der Waals surface area contributed by atoms with E-state index in [1.54, 1.807) is 0 Å². The molecule has 0 spiro atoms. The van der Waals surface area contributed by atoms with Gasteiger partial charge in [0.2, 0.25) is 0 Å². The first kappa shape index (κ1) is 32.0. The van der Waals surface area contributed by atoms with Crippen molar-refractivity contribution in [3.05, 3.63) is 185 Å². The van der Waals surface area contributed by atoms with Crippen LogP contribution in [0, 0.1) is 22.7 Å². The summed E-state index contributed by atoms with van der Waals surface area (Å²) in [6.45, 7) is 4.00. The highest BCUT2D eigenvalue weighted by Crippen LogP contribution is 2.38. The van der Waals surface area contributed by atoms with Crippen LogP contribution in [0.15, 0.2) is 156 Å². The number of allylic oxidation sites excluding steroid dienone is 3. The van der Waals surface area contributed by atoms with Gasteiger partial charge in [0.05, 0.1) is 23.3 Å². The SMILES string of the molecule is CC.N#Cc1ccc(-c2ccc(C3=CC(c4ccc(C#N)cc4)CC(C4N=C(c5ccccc5)NC(c5ccccc5)N4)=C3)cc2)cc1. The number of amidine groups is 1. The topological polar surface area (TPSA) is 84.0 Å². The fourth-order valence-electron chi connectivity index (χ4n) is 6.13. The van der Waals surface area contributed by atoms with Crippen molar-refractivity contribution >= 4 is 11.4 Å². The molecule has 3 unspecified atom stereocenters. The zero-order chi connectivity index (χ0) is 33.3. The van der Waals surface area contributed by atoms with Gasteiger partial charge in [-0.1, -0.05) is 135 Å². The highest BCUT2D eigenvalue weighted by molar-refractivity contribution is 5.99. The van der Waals surface area contributed by atoms with E-state index in [1.165, 1.54) is 5.57 Å². The fraction of sp³-hybridized carbons (Fsp3) is 0.140. The lowest BCUT2D eigenvalue weighted by Gasteiger charge is -2.35. The zero-order valence-electron chi connectivity index (χ0n) is 27.1. The predicted molar refractivity (Wildman–Crippen MR) is 195 cm³/mol. The van der Waals surface area contributed by atoms with Crippen LogP contribution < -0.4 is 10.6 Å². The Balaban J connectivity index is 0.00000197. The van der Waals surface area contributed by atoms with E-state index >= 15 is 0 Å². The molecular weight excluding hydrogens is 587 g/mol. The van der Waals surface area contributed by atoms with Gasteiger partial charge in [0.1, 0.15) is 18.2 Å². The van der Waals surface area contributed by atoms with E-state index in [1.807, 2.05) is 74.5 Å². The van der Waals surface area contributed by atoms with E-state index in [0.717, 1.165) is 51.2 Å². The Morgan fingerprint density at radius 1 is 0.604 bits per heavy atom. The van der Waals surface area contributed by atoms with Crippen molar-refractivity contribution in [2.45, 2.75) is 38.5 Å². The molecule has 0 bridgehead atoms. The molecule has 0 radical (unpaired) electrons. The molecule has 234 valence electrons. The van der Waals surface area contributed by atoms with Crippen LogP contribution in [0.25, 0.3) is 16.7 Å². The van der Waals surface area contributed by atoms with Gasteiger partial charge >= 0.3 is 0 Å². The van der Waals surface area contributed by atoms with Crippen molar-refractivity contribution in [1.29, 1.82) is 10.5 Å². The number of nitriles is 2. The quantitative estimate of drug-likeness (QED) is 0.197. The molecule has 5 aromatic rings. The average molecular weight is 624 g/mol. The summed E-state index contributed by atoms with van der Waals surface area (Å²) in [6.07, 6.45) is 5.05. The summed E-state index contributed by atoms with van der Waals surface area (Å²) in [4.78, 5) is 5.24. The van der Waals surface area contributed by atoms with Gasteiger partial charge in [0.15, 0.2) is 0 Å². The van der Waals surface area contributed by atoms with Gasteiger partial charge in [0.25, 0.3) is 0 Å². The van der Waals surface area contributed by atoms with Crippen molar-refractivity contribution in [2.24, 2.45) is 4.99 Å². The molecule has 2 aliphatic rings. The van der Waals surface area contributed by atoms with Gasteiger partial charge in [-0.25, -0.2) is 4.99 Å². The number of nitrogens with one attached hydrogen (secondary N) is 2. The molecule has 0 fully saturated rings. The Labute approximate surface area is 283 Å². The third-order valence-electron chi connectivity index (χ3n) is 8.61. The Morgan fingerprint density at radius 2 is 1.15 bits per heavy atom. The minimum Gasteiger partial charge on any atom is -0.350 e. The molecule has 7 rings (SSSR count). The number of nitrogens with zero attached hydrogens (tertiary/aromatic N) is 3. The highest BCUT2D eigenvalue weighted by Gasteiger charge is 2.29. The van der Waals surface area contributed by atoms with Gasteiger partial charge in [-0.15, -0.1) is 0 Å². The van der Waals surface area contributed by atoms with Gasteiger partial charge in [-0.05, 0) is 69.6 Å². The Bertz CT molecular complexity index is 2010. The lowest BCUT2D eigenvalue weighted by molar-refractivity contribution is 0.423. The molecule has 0 saturated heterocycles. The lowest BCUT2D eigenvalue weighted by Crippen LogP contribution is -2.49. The first-order valence-electron chi connectivity index (χ1n) is 16.4. The number of rotatable bonds is 6. The Hall–Kier alpha value is -6.01. The van der Waals surface area contributed by atoms with Gasteiger partial charge < -0.3 is 5.32 Å². The van der Waals surface area contributed by atoms with Crippen molar-refractivity contribution in [3.8, 4) is 23.3 Å². The molecule has 0 amide bonds. The third kappa shape index (κ3) is 7.18. The van der Waals surface area contributed by atoms with Gasteiger partial charge in [-0.2, -0.15) is 10.5 Å². The van der Waals surface area contributed by atoms with Crippen molar-refractivity contribution in [3.63, 3.8) is 0 Å². The Morgan fingerprint density at radius 3 is 1.75 bits per heavy atom. The van der Waals surface area contributed by atoms with Crippen LogP contribution in [0.4, 0.5) is 0 Å². The second kappa shape index (κ2) is 15.1. The smallest absolute Gasteiger partial charge is 0.131 e. The average Bonchev–Trinajstić information content (AvgIpc) is 3.19. The van der Waals surface area contributed by atoms with E-state index in [-0.39, 0.29) is 18.2 Å². The molecule has 2 N–H and O–H groups in total. The maximum atomic E-state index is 9.40. The maximum Gasteiger partial charge on any atom is 0.131 e. The van der Waals surface area contributed by atoms with E-state index in [4.69, 9.17) is 4.99 Å². The number of benzene rings is 5. The summed E-state index contributed by atoms with van der Waals surface area (Å²) in [5, 5.41) is 26.0. The molecule has 3 atom stereocenters. The second-order valence-corrected chi connectivity index (χ2v) is 11.6. The first-order valence-corrected chi connectivity index (χ1v) is 16.4. The summed E-state index contributed by atoms with van der Waals surface area (Å²) in [7, 11) is 0. The molecule has 5 nitrogen and oxygen atoms in total. The molecule has 0 saturated carbocycles. The van der Waals surface area contributed by atoms with Crippen molar-refractivity contribution < 1.29 is 0 Å². The highest BCUT2D eigenvalue weighted by atomic mass is 15.3. The van der Waals surface area contributed by atoms with Crippen molar-refractivity contribution in [2.75, 3.05) is 0 Å². The number of hydrogen-bond donors (Lipinski definition) is 2. The summed E-state index contributed by atoms with van der Waals surface area (Å²) < 4.78 is 0. The lowest BCUT2D eigenvalue weighted by atomic mass is 9.82. The van der Waals surface area contributed by atoms with E-state index in [2.05, 4.69) is 108 Å². The standard InChI is InChI=1S/C41H31N5.C2H6/c42-26-28-11-15-30(16-12-28)31-19-21-33(22-20-31)37-23-36(32-17-13-29(27-43)14-18-32)24-38(25-37)41-45-39(34-7-3-1-4-8-34)44-40(46-41)35-9-5-2-6-10-35;1-2/h1-23,25,36,39,41,45H,24H2,(H,44,46);1-2H3. The molecular formula is C43H37N5. The van der Waals surface area contributed by atoms with Crippen LogP contribution in [-0.2, 0) is 0 Å². The second-order valence-electron chi connectivity index (χ2n) is 11.6. The van der Waals surface area contributed by atoms with E-state index in [0.29, 0.717) is 11.1 Å². The maximum absolute atomic E-state index is 9.40. The molecule has 1 aliphatic carbocycles. The molecule has 5 heteroatoms. The minimum absolute atomic E-state index is 0.114. The Kier molecular flexibility index (Phi) is 10.0. The summed E-state index contributed by atoms with van der Waals surface area (Å²) in [5.74, 6) is 0.972. The van der Waals surface area contributed by atoms with Crippen LogP contribution in [0.5, 0.6) is 0 Å². The molecule has 1 heterocycles. The van der Waals surface area contributed by atoms with Gasteiger partial charge in [-0.3, -0.25) is 5.32 Å². The summed E-state index contributed by atoms with van der Waals surface area (Å²) in [5.41, 5.74) is 10.3. The summed E-state index contributed by atoms with van der Waals surface area (Å²) >= 11 is 0. The predicted octanol–water partition coefficient (Wildman–Crippen LogP) is 9.28. The largest absolute Gasteiger partial charge is 0.350 e. The van der Waals surface area contributed by atoms with E-state index < -0.39 is 0 Å². The van der Waals surface area contributed by atoms with Crippen molar-refractivity contribution in [1.82, 2.24) is 10.6 Å². The minimum atomic E-state index is -0.246. The van der Waals surface area contributed by atoms with Crippen LogP contribution in [0.1, 0.15) is 65.7 Å². The zero-order valence-corrected chi connectivity index (χ0v) is 27.1.